The van der Waals surface area contributed by atoms with Crippen molar-refractivity contribution in [2.75, 3.05) is 0 Å². The van der Waals surface area contributed by atoms with Gasteiger partial charge in [-0.1, -0.05) is 6.07 Å². The summed E-state index contributed by atoms with van der Waals surface area (Å²) < 4.78 is 9.28. The van der Waals surface area contributed by atoms with E-state index in [0.717, 1.165) is 28.2 Å². The molecule has 0 aliphatic carbocycles. The highest BCUT2D eigenvalue weighted by Gasteiger charge is 2.23. The van der Waals surface area contributed by atoms with Gasteiger partial charge in [0.05, 0.1) is 17.2 Å². The highest BCUT2D eigenvalue weighted by atomic mass is 16.3. The fraction of sp³-hybridized carbons (Fsp3) is 0.167. The van der Waals surface area contributed by atoms with Crippen LogP contribution >= 0.6 is 0 Å². The lowest BCUT2D eigenvalue weighted by Crippen LogP contribution is -2.35. The first-order chi connectivity index (χ1) is 10.6. The van der Waals surface area contributed by atoms with Crippen LogP contribution in [0.5, 0.6) is 0 Å². The average Bonchev–Trinajstić information content (AvgIpc) is 2.94. The van der Waals surface area contributed by atoms with Gasteiger partial charge in [0.2, 0.25) is 5.69 Å². The van der Waals surface area contributed by atoms with Crippen molar-refractivity contribution in [2.45, 2.75) is 13.8 Å². The quantitative estimate of drug-likeness (QED) is 0.681. The molecule has 0 radical (unpaired) electrons. The second-order valence-electron chi connectivity index (χ2n) is 5.35. The van der Waals surface area contributed by atoms with Gasteiger partial charge in [-0.05, 0) is 13.0 Å². The Labute approximate surface area is 129 Å². The zero-order valence-electron chi connectivity index (χ0n) is 12.9. The van der Waals surface area contributed by atoms with Crippen molar-refractivity contribution in [1.29, 1.82) is 5.26 Å². The van der Waals surface area contributed by atoms with E-state index in [0.29, 0.717) is 5.56 Å². The molecule has 0 N–H and O–H groups in total. The number of aryl methyl sites for hydroxylation is 2. The summed E-state index contributed by atoms with van der Waals surface area (Å²) in [5.74, 6) is 0. The highest BCUT2D eigenvalue weighted by molar-refractivity contribution is 5.66. The van der Waals surface area contributed by atoms with Gasteiger partial charge in [-0.3, -0.25) is 0 Å². The van der Waals surface area contributed by atoms with Crippen LogP contribution in [0.4, 0.5) is 0 Å². The molecule has 3 aromatic rings. The predicted octanol–water partition coefficient (Wildman–Crippen LogP) is 2.54. The van der Waals surface area contributed by atoms with Gasteiger partial charge in [-0.2, -0.15) is 14.4 Å². The fourth-order valence-electron chi connectivity index (χ4n) is 2.66. The average molecular weight is 291 g/mol. The highest BCUT2D eigenvalue weighted by Crippen LogP contribution is 2.25. The van der Waals surface area contributed by atoms with Crippen LogP contribution in [-0.4, -0.2) is 0 Å². The summed E-state index contributed by atoms with van der Waals surface area (Å²) in [7, 11) is 1.93. The number of rotatable bonds is 2. The fourth-order valence-corrected chi connectivity index (χ4v) is 2.66. The van der Waals surface area contributed by atoms with E-state index in [-0.39, 0.29) is 0 Å². The molecule has 4 heteroatoms. The van der Waals surface area contributed by atoms with Crippen molar-refractivity contribution in [3.63, 3.8) is 0 Å². The second kappa shape index (κ2) is 5.45. The smallest absolute Gasteiger partial charge is 0.334 e. The summed E-state index contributed by atoms with van der Waals surface area (Å²) in [6.07, 6.45) is 5.36. The maximum atomic E-state index is 9.37. The van der Waals surface area contributed by atoms with E-state index in [2.05, 4.69) is 30.6 Å². The first-order valence-electron chi connectivity index (χ1n) is 7.06. The first-order valence-corrected chi connectivity index (χ1v) is 7.06. The lowest BCUT2D eigenvalue weighted by Gasteiger charge is -2.07. The zero-order valence-corrected chi connectivity index (χ0v) is 12.9. The predicted molar refractivity (Wildman–Crippen MR) is 81.0 cm³/mol. The van der Waals surface area contributed by atoms with Gasteiger partial charge in [-0.25, -0.2) is 0 Å². The van der Waals surface area contributed by atoms with E-state index in [9.17, 15) is 5.26 Å². The molecule has 0 atom stereocenters. The molecule has 0 unspecified atom stereocenters. The van der Waals surface area contributed by atoms with Crippen molar-refractivity contribution in [2.24, 2.45) is 7.05 Å². The summed E-state index contributed by atoms with van der Waals surface area (Å²) in [4.78, 5) is 0. The maximum absolute atomic E-state index is 9.37. The number of nitriles is 1. The van der Waals surface area contributed by atoms with Crippen LogP contribution < -0.4 is 9.13 Å². The minimum atomic E-state index is 0.632. The third-order valence-electron chi connectivity index (χ3n) is 3.89. The Morgan fingerprint density at radius 3 is 2.64 bits per heavy atom. The van der Waals surface area contributed by atoms with Crippen LogP contribution in [0.25, 0.3) is 16.9 Å². The molecule has 22 heavy (non-hydrogen) atoms. The molecule has 3 rings (SSSR count). The molecule has 0 saturated heterocycles. The van der Waals surface area contributed by atoms with Gasteiger partial charge < -0.3 is 4.42 Å². The second-order valence-corrected chi connectivity index (χ2v) is 5.35. The molecule has 2 heterocycles. The largest absolute Gasteiger partial charge is 0.412 e. The van der Waals surface area contributed by atoms with Crippen LogP contribution in [0.15, 0.2) is 53.6 Å². The van der Waals surface area contributed by atoms with Crippen molar-refractivity contribution < 1.29 is 13.6 Å². The monoisotopic (exact) mass is 291 g/mol. The molecule has 108 valence electrons. The summed E-state index contributed by atoms with van der Waals surface area (Å²) in [6, 6.07) is 12.1. The van der Waals surface area contributed by atoms with Gasteiger partial charge in [-0.15, -0.1) is 0 Å². The van der Waals surface area contributed by atoms with Gasteiger partial charge >= 0.3 is 6.39 Å². The Bertz CT molecular complexity index is 888. The number of pyridine rings is 1. The van der Waals surface area contributed by atoms with Crippen molar-refractivity contribution in [3.05, 3.63) is 66.0 Å². The zero-order chi connectivity index (χ0) is 15.7. The molecule has 0 spiro atoms. The first kappa shape index (κ1) is 14.0. The van der Waals surface area contributed by atoms with E-state index in [4.69, 9.17) is 4.42 Å². The molecule has 0 bridgehead atoms. The number of nitrogens with zero attached hydrogens (tertiary/aromatic N) is 3. The third-order valence-corrected chi connectivity index (χ3v) is 3.89. The number of oxazole rings is 1. The van der Waals surface area contributed by atoms with Crippen molar-refractivity contribution in [3.8, 4) is 23.0 Å². The van der Waals surface area contributed by atoms with Crippen LogP contribution in [0.2, 0.25) is 0 Å². The van der Waals surface area contributed by atoms with Gasteiger partial charge in [0.15, 0.2) is 18.2 Å². The molecule has 0 fully saturated rings. The normalized spacial score (nSPS) is 10.5. The Morgan fingerprint density at radius 1 is 1.18 bits per heavy atom. The summed E-state index contributed by atoms with van der Waals surface area (Å²) in [6.45, 7) is 4.12. The Morgan fingerprint density at radius 2 is 2.00 bits per heavy atom. The van der Waals surface area contributed by atoms with Crippen LogP contribution in [0, 0.1) is 25.2 Å². The summed E-state index contributed by atoms with van der Waals surface area (Å²) in [5.41, 5.74) is 5.81. The molecule has 1 aromatic carbocycles. The number of hydrogen-bond acceptors (Lipinski definition) is 2. The molecular weight excluding hydrogens is 274 g/mol. The number of aromatic nitrogens is 2. The number of hydrogen-bond donors (Lipinski definition) is 0. The standard InChI is InChI=1S/C18H17N3O/c1-13-6-4-5-7-21(13)17-9-15(10-19)8-16(14(17)2)18-11-22-12-20(18)3/h4-9,11-12H,1-3H3/q+2. The van der Waals surface area contributed by atoms with Crippen molar-refractivity contribution >= 4 is 0 Å². The van der Waals surface area contributed by atoms with Gasteiger partial charge in [0, 0.05) is 30.7 Å². The maximum Gasteiger partial charge on any atom is 0.334 e. The van der Waals surface area contributed by atoms with Gasteiger partial charge in [0.25, 0.3) is 5.69 Å². The minimum absolute atomic E-state index is 0.632. The van der Waals surface area contributed by atoms with Crippen molar-refractivity contribution in [1.82, 2.24) is 0 Å². The number of benzene rings is 1. The van der Waals surface area contributed by atoms with E-state index >= 15 is 0 Å². The molecular formula is C18H17N3O+2. The van der Waals surface area contributed by atoms with Crippen LogP contribution in [0.3, 0.4) is 0 Å². The van der Waals surface area contributed by atoms with E-state index < -0.39 is 0 Å². The summed E-state index contributed by atoms with van der Waals surface area (Å²) >= 11 is 0. The Balaban J connectivity index is 2.31. The van der Waals surface area contributed by atoms with E-state index in [1.165, 1.54) is 0 Å². The minimum Gasteiger partial charge on any atom is -0.412 e. The Kier molecular flexibility index (Phi) is 3.48. The summed E-state index contributed by atoms with van der Waals surface area (Å²) in [5, 5.41) is 9.37. The van der Waals surface area contributed by atoms with Crippen LogP contribution in [0.1, 0.15) is 16.8 Å². The molecule has 0 aliphatic rings. The van der Waals surface area contributed by atoms with E-state index in [1.807, 2.05) is 42.1 Å². The lowest BCUT2D eigenvalue weighted by atomic mass is 10.00. The molecule has 0 aliphatic heterocycles. The molecule has 0 amide bonds. The van der Waals surface area contributed by atoms with E-state index in [1.54, 1.807) is 12.7 Å². The topological polar surface area (TPSA) is 44.7 Å². The lowest BCUT2D eigenvalue weighted by molar-refractivity contribution is -0.664. The molecule has 0 saturated carbocycles. The molecule has 4 nitrogen and oxygen atoms in total. The Hall–Kier alpha value is -2.93. The van der Waals surface area contributed by atoms with Gasteiger partial charge in [0.1, 0.15) is 7.05 Å². The third kappa shape index (κ3) is 2.27. The molecule has 2 aromatic heterocycles. The SMILES string of the molecule is Cc1c(-c2coc[n+]2C)cc(C#N)cc1-[n+]1ccccc1C. The van der Waals surface area contributed by atoms with Crippen LogP contribution in [-0.2, 0) is 7.05 Å².